The van der Waals surface area contributed by atoms with Crippen LogP contribution in [0.3, 0.4) is 0 Å². The highest BCUT2D eigenvalue weighted by molar-refractivity contribution is 7.15. The summed E-state index contributed by atoms with van der Waals surface area (Å²) in [5.41, 5.74) is 0. The van der Waals surface area contributed by atoms with Gasteiger partial charge in [0.05, 0.1) is 18.7 Å². The Hall–Kier alpha value is -0.610. The molecule has 2 rings (SSSR count). The lowest BCUT2D eigenvalue weighted by molar-refractivity contribution is -0.128. The fourth-order valence-corrected chi connectivity index (χ4v) is 1.92. The number of hydrogen-bond donors (Lipinski definition) is 1. The van der Waals surface area contributed by atoms with Gasteiger partial charge in [-0.1, -0.05) is 11.6 Å². The van der Waals surface area contributed by atoms with E-state index in [4.69, 9.17) is 11.6 Å². The monoisotopic (exact) mass is 188 g/mol. The van der Waals surface area contributed by atoms with Crippen molar-refractivity contribution in [2.75, 3.05) is 0 Å². The van der Waals surface area contributed by atoms with Gasteiger partial charge in [0.2, 0.25) is 5.91 Å². The Kier molecular flexibility index (Phi) is 1.58. The molecule has 1 N–H and O–H groups in total. The molecule has 1 amide bonds. The quantitative estimate of drug-likeness (QED) is 0.677. The minimum Gasteiger partial charge on any atom is -0.346 e. The number of thiazole rings is 1. The van der Waals surface area contributed by atoms with E-state index in [2.05, 4.69) is 10.3 Å². The Morgan fingerprint density at radius 1 is 1.82 bits per heavy atom. The van der Waals surface area contributed by atoms with Crippen LogP contribution in [0, 0.1) is 0 Å². The predicted molar refractivity (Wildman–Crippen MR) is 42.6 cm³/mol. The van der Waals surface area contributed by atoms with Gasteiger partial charge in [-0.2, -0.15) is 0 Å². The van der Waals surface area contributed by atoms with Crippen molar-refractivity contribution in [3.8, 4) is 0 Å². The third-order valence-electron chi connectivity index (χ3n) is 1.52. The first-order valence-electron chi connectivity index (χ1n) is 3.16. The van der Waals surface area contributed by atoms with Crippen molar-refractivity contribution in [3.05, 3.63) is 15.5 Å². The first-order valence-corrected chi connectivity index (χ1v) is 4.36. The van der Waals surface area contributed by atoms with Crippen LogP contribution in [0.2, 0.25) is 4.34 Å². The van der Waals surface area contributed by atoms with Crippen LogP contribution in [0.15, 0.2) is 6.20 Å². The Morgan fingerprint density at radius 2 is 2.55 bits per heavy atom. The molecule has 1 unspecified atom stereocenters. The van der Waals surface area contributed by atoms with E-state index in [0.717, 1.165) is 5.01 Å². The fraction of sp³-hybridized carbons (Fsp3) is 0.333. The summed E-state index contributed by atoms with van der Waals surface area (Å²) >= 11 is 7.08. The molecule has 0 spiro atoms. The number of β-lactam (4-membered cyclic amide) rings is 1. The van der Waals surface area contributed by atoms with Gasteiger partial charge in [0.1, 0.15) is 9.34 Å². The number of rotatable bonds is 1. The maximum absolute atomic E-state index is 10.5. The molecule has 1 saturated heterocycles. The molecule has 0 aromatic carbocycles. The zero-order valence-corrected chi connectivity index (χ0v) is 7.08. The number of amides is 1. The average molecular weight is 189 g/mol. The molecule has 0 saturated carbocycles. The van der Waals surface area contributed by atoms with Gasteiger partial charge in [-0.05, 0) is 0 Å². The summed E-state index contributed by atoms with van der Waals surface area (Å²) in [6, 6.07) is 0.111. The second-order valence-corrected chi connectivity index (χ2v) is 4.02. The van der Waals surface area contributed by atoms with Crippen LogP contribution in [0.5, 0.6) is 0 Å². The standard InChI is InChI=1S/C6H5ClN2OS/c7-4-2-8-6(11-4)3-1-5(10)9-3/h2-3H,1H2,(H,9,10). The molecule has 1 aliphatic heterocycles. The van der Waals surface area contributed by atoms with Crippen molar-refractivity contribution in [2.24, 2.45) is 0 Å². The molecular formula is C6H5ClN2OS. The van der Waals surface area contributed by atoms with Crippen molar-refractivity contribution in [3.63, 3.8) is 0 Å². The van der Waals surface area contributed by atoms with Crippen molar-refractivity contribution < 1.29 is 4.79 Å². The second kappa shape index (κ2) is 2.46. The predicted octanol–water partition coefficient (Wildman–Crippen LogP) is 1.36. The molecule has 5 heteroatoms. The number of carbonyl (C=O) groups is 1. The molecule has 0 aliphatic carbocycles. The van der Waals surface area contributed by atoms with Gasteiger partial charge in [-0.15, -0.1) is 11.3 Å². The van der Waals surface area contributed by atoms with Crippen molar-refractivity contribution in [1.82, 2.24) is 10.3 Å². The topological polar surface area (TPSA) is 42.0 Å². The molecule has 1 aromatic heterocycles. The normalized spacial score (nSPS) is 22.6. The highest BCUT2D eigenvalue weighted by atomic mass is 35.5. The van der Waals surface area contributed by atoms with Crippen molar-refractivity contribution >= 4 is 28.8 Å². The Balaban J connectivity index is 2.12. The van der Waals surface area contributed by atoms with E-state index in [1.165, 1.54) is 11.3 Å². The third kappa shape index (κ3) is 1.23. The lowest BCUT2D eigenvalue weighted by Crippen LogP contribution is -2.41. The average Bonchev–Trinajstić information content (AvgIpc) is 2.29. The van der Waals surface area contributed by atoms with Crippen LogP contribution in [-0.4, -0.2) is 10.9 Å². The highest BCUT2D eigenvalue weighted by Gasteiger charge is 2.28. The smallest absolute Gasteiger partial charge is 0.223 e. The molecule has 0 bridgehead atoms. The van der Waals surface area contributed by atoms with Crippen LogP contribution in [-0.2, 0) is 4.79 Å². The van der Waals surface area contributed by atoms with E-state index < -0.39 is 0 Å². The van der Waals surface area contributed by atoms with Crippen molar-refractivity contribution in [2.45, 2.75) is 12.5 Å². The number of carbonyl (C=O) groups excluding carboxylic acids is 1. The number of halogens is 1. The minimum atomic E-state index is 0.0846. The van der Waals surface area contributed by atoms with E-state index in [1.807, 2.05) is 0 Å². The number of nitrogens with one attached hydrogen (secondary N) is 1. The first-order chi connectivity index (χ1) is 5.25. The minimum absolute atomic E-state index is 0.0846. The summed E-state index contributed by atoms with van der Waals surface area (Å²) in [5.74, 6) is 0.0846. The van der Waals surface area contributed by atoms with Crippen LogP contribution >= 0.6 is 22.9 Å². The summed E-state index contributed by atoms with van der Waals surface area (Å²) in [4.78, 5) is 14.6. The molecule has 0 radical (unpaired) electrons. The fourth-order valence-electron chi connectivity index (χ4n) is 0.936. The summed E-state index contributed by atoms with van der Waals surface area (Å²) in [5, 5.41) is 3.62. The lowest BCUT2D eigenvalue weighted by atomic mass is 10.1. The molecule has 2 heterocycles. The van der Waals surface area contributed by atoms with Gasteiger partial charge in [0, 0.05) is 0 Å². The van der Waals surface area contributed by atoms with E-state index in [1.54, 1.807) is 6.20 Å². The number of nitrogens with zero attached hydrogens (tertiary/aromatic N) is 1. The van der Waals surface area contributed by atoms with E-state index in [0.29, 0.717) is 10.8 Å². The summed E-state index contributed by atoms with van der Waals surface area (Å²) in [7, 11) is 0. The zero-order valence-electron chi connectivity index (χ0n) is 5.50. The van der Waals surface area contributed by atoms with Crippen molar-refractivity contribution in [1.29, 1.82) is 0 Å². The molecule has 11 heavy (non-hydrogen) atoms. The van der Waals surface area contributed by atoms with E-state index in [9.17, 15) is 4.79 Å². The van der Waals surface area contributed by atoms with Gasteiger partial charge >= 0.3 is 0 Å². The maximum atomic E-state index is 10.5. The molecular weight excluding hydrogens is 184 g/mol. The number of aromatic nitrogens is 1. The summed E-state index contributed by atoms with van der Waals surface area (Å²) < 4.78 is 0.668. The lowest BCUT2D eigenvalue weighted by Gasteiger charge is -2.24. The Bertz CT molecular complexity index is 291. The van der Waals surface area contributed by atoms with Gasteiger partial charge in [0.15, 0.2) is 0 Å². The molecule has 58 valence electrons. The van der Waals surface area contributed by atoms with Crippen LogP contribution < -0.4 is 5.32 Å². The van der Waals surface area contributed by atoms with E-state index >= 15 is 0 Å². The summed E-state index contributed by atoms with van der Waals surface area (Å²) in [6.45, 7) is 0. The molecule has 1 aromatic rings. The molecule has 1 fully saturated rings. The molecule has 1 atom stereocenters. The highest BCUT2D eigenvalue weighted by Crippen LogP contribution is 2.29. The van der Waals surface area contributed by atoms with Gasteiger partial charge in [-0.25, -0.2) is 4.98 Å². The SMILES string of the molecule is O=C1CC(c2ncc(Cl)s2)N1. The largest absolute Gasteiger partial charge is 0.346 e. The van der Waals surface area contributed by atoms with Crippen LogP contribution in [0.1, 0.15) is 17.5 Å². The third-order valence-corrected chi connectivity index (χ3v) is 2.75. The number of hydrogen-bond acceptors (Lipinski definition) is 3. The zero-order chi connectivity index (χ0) is 7.84. The van der Waals surface area contributed by atoms with Gasteiger partial charge in [0.25, 0.3) is 0 Å². The van der Waals surface area contributed by atoms with E-state index in [-0.39, 0.29) is 11.9 Å². The Labute approximate surface area is 72.4 Å². The molecule has 3 nitrogen and oxygen atoms in total. The summed E-state index contributed by atoms with van der Waals surface area (Å²) in [6.07, 6.45) is 2.15. The second-order valence-electron chi connectivity index (χ2n) is 2.33. The first kappa shape index (κ1) is 7.06. The Morgan fingerprint density at radius 3 is 3.00 bits per heavy atom. The van der Waals surface area contributed by atoms with Crippen LogP contribution in [0.4, 0.5) is 0 Å². The van der Waals surface area contributed by atoms with Gasteiger partial charge in [-0.3, -0.25) is 4.79 Å². The maximum Gasteiger partial charge on any atom is 0.223 e. The molecule has 1 aliphatic rings. The van der Waals surface area contributed by atoms with Gasteiger partial charge < -0.3 is 5.32 Å². The van der Waals surface area contributed by atoms with Crippen LogP contribution in [0.25, 0.3) is 0 Å².